The maximum absolute atomic E-state index is 5.22. The molecule has 1 aromatic carbocycles. The summed E-state index contributed by atoms with van der Waals surface area (Å²) in [6.07, 6.45) is 6.60. The lowest BCUT2D eigenvalue weighted by Gasteiger charge is -2.27. The highest BCUT2D eigenvalue weighted by Crippen LogP contribution is 2.31. The van der Waals surface area contributed by atoms with Gasteiger partial charge in [-0.2, -0.15) is 0 Å². The van der Waals surface area contributed by atoms with Crippen LogP contribution >= 0.6 is 0 Å². The zero-order valence-electron chi connectivity index (χ0n) is 13.1. The van der Waals surface area contributed by atoms with E-state index < -0.39 is 0 Å². The molecule has 4 heteroatoms. The van der Waals surface area contributed by atoms with Crippen molar-refractivity contribution in [3.63, 3.8) is 0 Å². The monoisotopic (exact) mass is 285 g/mol. The topological polar surface area (TPSA) is 15.7 Å². The molecule has 2 aliphatic heterocycles. The number of piperidine rings is 1. The van der Waals surface area contributed by atoms with Crippen LogP contribution < -0.4 is 0 Å². The van der Waals surface area contributed by atoms with Gasteiger partial charge in [0.2, 0.25) is 0 Å². The van der Waals surface area contributed by atoms with Crippen molar-refractivity contribution in [2.45, 2.75) is 44.7 Å². The van der Waals surface area contributed by atoms with Gasteiger partial charge in [-0.25, -0.2) is 0 Å². The summed E-state index contributed by atoms with van der Waals surface area (Å²) >= 11 is 0. The van der Waals surface area contributed by atoms with E-state index in [-0.39, 0.29) is 0 Å². The summed E-state index contributed by atoms with van der Waals surface area (Å²) in [4.78, 5) is 4.93. The van der Waals surface area contributed by atoms with Crippen LogP contribution in [0.3, 0.4) is 0 Å². The zero-order chi connectivity index (χ0) is 14.5. The number of benzene rings is 1. The third-order valence-electron chi connectivity index (χ3n) is 4.73. The summed E-state index contributed by atoms with van der Waals surface area (Å²) in [5.74, 6) is 0. The highest BCUT2D eigenvalue weighted by molar-refractivity contribution is 6.23. The Bertz CT molecular complexity index is 448. The van der Waals surface area contributed by atoms with Crippen molar-refractivity contribution in [3.8, 4) is 0 Å². The molecule has 0 saturated carbocycles. The highest BCUT2D eigenvalue weighted by atomic mass is 16.4. The fourth-order valence-electron chi connectivity index (χ4n) is 3.68. The summed E-state index contributed by atoms with van der Waals surface area (Å²) in [5, 5.41) is 0. The van der Waals surface area contributed by atoms with Crippen LogP contribution in [0.15, 0.2) is 24.3 Å². The predicted molar refractivity (Wildman–Crippen MR) is 87.0 cm³/mol. The van der Waals surface area contributed by atoms with Gasteiger partial charge in [-0.05, 0) is 56.4 Å². The fourth-order valence-corrected chi connectivity index (χ4v) is 3.68. The van der Waals surface area contributed by atoms with Gasteiger partial charge in [0.1, 0.15) is 0 Å². The third kappa shape index (κ3) is 3.88. The Morgan fingerprint density at radius 2 is 2.00 bits per heavy atom. The number of hydrogen-bond acceptors (Lipinski definition) is 3. The number of likely N-dealkylation sites (tertiary alicyclic amines) is 1. The maximum Gasteiger partial charge on any atom is 0.399 e. The molecule has 1 atom stereocenters. The van der Waals surface area contributed by atoms with Crippen molar-refractivity contribution in [2.75, 3.05) is 26.7 Å². The summed E-state index contributed by atoms with van der Waals surface area (Å²) in [7, 11) is 3.62. The molecule has 0 amide bonds. The van der Waals surface area contributed by atoms with E-state index in [4.69, 9.17) is 4.65 Å². The fraction of sp³-hybridized carbons (Fsp3) is 0.647. The van der Waals surface area contributed by atoms with Gasteiger partial charge in [0.25, 0.3) is 0 Å². The first kappa shape index (κ1) is 15.1. The normalized spacial score (nSPS) is 24.3. The molecule has 1 radical (unpaired) electrons. The molecule has 113 valence electrons. The summed E-state index contributed by atoms with van der Waals surface area (Å²) < 4.78 is 5.22. The van der Waals surface area contributed by atoms with Gasteiger partial charge in [-0.1, -0.05) is 30.7 Å². The molecular formula is C17H26BN2O. The van der Waals surface area contributed by atoms with E-state index in [1.807, 2.05) is 7.62 Å². The number of nitrogens with zero attached hydrogens (tertiary/aromatic N) is 2. The Morgan fingerprint density at radius 3 is 2.81 bits per heavy atom. The molecule has 2 aliphatic rings. The largest absolute Gasteiger partial charge is 0.427 e. The molecular weight excluding hydrogens is 259 g/mol. The molecule has 0 spiro atoms. The lowest BCUT2D eigenvalue weighted by molar-refractivity contribution is 0.221. The molecule has 1 aromatic rings. The molecule has 2 heterocycles. The minimum absolute atomic E-state index is 0.492. The van der Waals surface area contributed by atoms with Crippen molar-refractivity contribution >= 4 is 7.62 Å². The van der Waals surface area contributed by atoms with Gasteiger partial charge in [0.05, 0.1) is 0 Å². The Hall–Kier alpha value is -0.835. The molecule has 21 heavy (non-hydrogen) atoms. The standard InChI is InChI=1S/C17H26BN2O/c1-21-18-20-12-6-9-17(20)16-8-5-7-15(13-16)14-19-10-3-2-4-11-19/h5,7-8,13,17H,2-4,6,9-12,14H2,1H3. The van der Waals surface area contributed by atoms with Crippen molar-refractivity contribution in [1.29, 1.82) is 0 Å². The lowest BCUT2D eigenvalue weighted by atomic mass is 9.98. The Labute approximate surface area is 129 Å². The first-order valence-corrected chi connectivity index (χ1v) is 8.30. The predicted octanol–water partition coefficient (Wildman–Crippen LogP) is 2.99. The second kappa shape index (κ2) is 7.43. The van der Waals surface area contributed by atoms with Crippen molar-refractivity contribution < 1.29 is 4.65 Å². The van der Waals surface area contributed by atoms with Crippen LogP contribution in [0.5, 0.6) is 0 Å². The van der Waals surface area contributed by atoms with E-state index in [0.717, 1.165) is 13.1 Å². The van der Waals surface area contributed by atoms with Crippen molar-refractivity contribution in [3.05, 3.63) is 35.4 Å². The minimum Gasteiger partial charge on any atom is -0.427 e. The van der Waals surface area contributed by atoms with Gasteiger partial charge in [0.15, 0.2) is 0 Å². The SMILES string of the molecule is CO[B]N1CCCC1c1cccc(CN2CCCCC2)c1. The Morgan fingerprint density at radius 1 is 1.14 bits per heavy atom. The van der Waals surface area contributed by atoms with E-state index in [1.54, 1.807) is 7.11 Å². The van der Waals surface area contributed by atoms with E-state index in [2.05, 4.69) is 34.0 Å². The molecule has 2 saturated heterocycles. The quantitative estimate of drug-likeness (QED) is 0.773. The van der Waals surface area contributed by atoms with Gasteiger partial charge >= 0.3 is 7.62 Å². The van der Waals surface area contributed by atoms with Gasteiger partial charge in [-0.15, -0.1) is 0 Å². The molecule has 3 rings (SSSR count). The first-order valence-electron chi connectivity index (χ1n) is 8.30. The second-order valence-corrected chi connectivity index (χ2v) is 6.32. The van der Waals surface area contributed by atoms with Crippen molar-refractivity contribution in [2.24, 2.45) is 0 Å². The lowest BCUT2D eigenvalue weighted by Crippen LogP contribution is -2.30. The van der Waals surface area contributed by atoms with Crippen LogP contribution in [0.2, 0.25) is 0 Å². The smallest absolute Gasteiger partial charge is 0.399 e. The second-order valence-electron chi connectivity index (χ2n) is 6.32. The van der Waals surface area contributed by atoms with Crippen LogP contribution in [-0.4, -0.2) is 44.1 Å². The summed E-state index contributed by atoms with van der Waals surface area (Å²) in [6, 6.07) is 9.66. The zero-order valence-corrected chi connectivity index (χ0v) is 13.1. The molecule has 0 aliphatic carbocycles. The van der Waals surface area contributed by atoms with E-state index in [0.29, 0.717) is 6.04 Å². The van der Waals surface area contributed by atoms with Crippen LogP contribution in [0.4, 0.5) is 0 Å². The van der Waals surface area contributed by atoms with Crippen LogP contribution in [-0.2, 0) is 11.2 Å². The summed E-state index contributed by atoms with van der Waals surface area (Å²) in [5.41, 5.74) is 2.90. The average molecular weight is 285 g/mol. The molecule has 3 nitrogen and oxygen atoms in total. The molecule has 0 bridgehead atoms. The van der Waals surface area contributed by atoms with Crippen LogP contribution in [0.25, 0.3) is 0 Å². The van der Waals surface area contributed by atoms with Gasteiger partial charge in [0, 0.05) is 19.7 Å². The third-order valence-corrected chi connectivity index (χ3v) is 4.73. The Kier molecular flexibility index (Phi) is 5.34. The molecule has 2 fully saturated rings. The van der Waals surface area contributed by atoms with Gasteiger partial charge in [-0.3, -0.25) is 4.90 Å². The minimum atomic E-state index is 0.492. The number of hydrogen-bond donors (Lipinski definition) is 0. The highest BCUT2D eigenvalue weighted by Gasteiger charge is 2.26. The molecule has 0 aromatic heterocycles. The number of rotatable bonds is 5. The van der Waals surface area contributed by atoms with E-state index in [1.165, 1.54) is 56.3 Å². The maximum atomic E-state index is 5.22. The van der Waals surface area contributed by atoms with E-state index >= 15 is 0 Å². The first-order chi connectivity index (χ1) is 10.4. The Balaban J connectivity index is 1.67. The molecule has 0 N–H and O–H groups in total. The average Bonchev–Trinajstić information content (AvgIpc) is 2.97. The molecule has 1 unspecified atom stereocenters. The van der Waals surface area contributed by atoms with Crippen LogP contribution in [0.1, 0.15) is 49.3 Å². The van der Waals surface area contributed by atoms with E-state index in [9.17, 15) is 0 Å². The summed E-state index contributed by atoms with van der Waals surface area (Å²) in [6.45, 7) is 4.73. The van der Waals surface area contributed by atoms with Crippen molar-refractivity contribution in [1.82, 2.24) is 9.71 Å². The van der Waals surface area contributed by atoms with Crippen LogP contribution in [0, 0.1) is 0 Å². The van der Waals surface area contributed by atoms with Gasteiger partial charge < -0.3 is 9.47 Å².